The Hall–Kier alpha value is -3.69. The topological polar surface area (TPSA) is 94.6 Å². The van der Waals surface area contributed by atoms with E-state index in [9.17, 15) is 13.2 Å². The number of hydrogen-bond acceptors (Lipinski definition) is 8. The quantitative estimate of drug-likeness (QED) is 0.320. The van der Waals surface area contributed by atoms with Crippen LogP contribution in [0.3, 0.4) is 0 Å². The van der Waals surface area contributed by atoms with E-state index in [1.165, 1.54) is 32.5 Å². The van der Waals surface area contributed by atoms with Crippen LogP contribution in [0.1, 0.15) is 21.5 Å². The Bertz CT molecular complexity index is 1450. The average molecular weight is 509 g/mol. The van der Waals surface area contributed by atoms with E-state index in [0.29, 0.717) is 22.6 Å². The molecule has 35 heavy (non-hydrogen) atoms. The van der Waals surface area contributed by atoms with E-state index in [4.69, 9.17) is 9.47 Å². The molecule has 0 amide bonds. The number of methoxy groups -OCH3 is 2. The van der Waals surface area contributed by atoms with Crippen molar-refractivity contribution in [2.45, 2.75) is 23.4 Å². The first-order chi connectivity index (χ1) is 16.8. The van der Waals surface area contributed by atoms with Crippen LogP contribution in [0.4, 0.5) is 5.69 Å². The third-order valence-electron chi connectivity index (χ3n) is 5.40. The molecule has 0 aliphatic heterocycles. The Morgan fingerprint density at radius 2 is 1.83 bits per heavy atom. The van der Waals surface area contributed by atoms with Crippen LogP contribution in [0.15, 0.2) is 82.2 Å². The van der Waals surface area contributed by atoms with Crippen molar-refractivity contribution in [3.8, 4) is 16.2 Å². The maximum Gasteiger partial charge on any atom is 0.339 e. The summed E-state index contributed by atoms with van der Waals surface area (Å²) in [7, 11) is -1.04. The monoisotopic (exact) mass is 508 g/mol. The number of carbonyl (C=O) groups excluding carboxylic acids is 1. The number of sulfone groups is 1. The van der Waals surface area contributed by atoms with Gasteiger partial charge in [-0.05, 0) is 66.4 Å². The number of pyridine rings is 1. The van der Waals surface area contributed by atoms with Crippen molar-refractivity contribution in [2.24, 2.45) is 0 Å². The van der Waals surface area contributed by atoms with Gasteiger partial charge in [0.2, 0.25) is 9.84 Å². The van der Waals surface area contributed by atoms with Gasteiger partial charge in [0.05, 0.1) is 30.4 Å². The van der Waals surface area contributed by atoms with Crippen molar-refractivity contribution in [1.29, 1.82) is 0 Å². The minimum absolute atomic E-state index is 0.0536. The van der Waals surface area contributed by atoms with E-state index in [-0.39, 0.29) is 16.5 Å². The Balaban J connectivity index is 1.74. The highest BCUT2D eigenvalue weighted by molar-refractivity contribution is 7.91. The number of aromatic nitrogens is 1. The van der Waals surface area contributed by atoms with Gasteiger partial charge in [-0.3, -0.25) is 0 Å². The molecular formula is C26H24N2O5S2. The second kappa shape index (κ2) is 10.3. The molecule has 2 heterocycles. The van der Waals surface area contributed by atoms with Crippen LogP contribution < -0.4 is 10.1 Å². The van der Waals surface area contributed by atoms with Crippen LogP contribution in [0.2, 0.25) is 0 Å². The first kappa shape index (κ1) is 24.4. The molecule has 0 aliphatic carbocycles. The zero-order valence-corrected chi connectivity index (χ0v) is 21.1. The summed E-state index contributed by atoms with van der Waals surface area (Å²) in [5.41, 5.74) is 3.16. The Kier molecular flexibility index (Phi) is 7.18. The first-order valence-electron chi connectivity index (χ1n) is 10.7. The normalized spacial score (nSPS) is 11.2. The standard InChI is InChI=1S/C26H24N2O5S2/c1-17-14-21(23-7-5-13-34-23)24(22(15-17)26(29)33-3)28-16-18-6-4-12-27-25(18)35(30,31)20-10-8-19(32-2)9-11-20/h4-15,28H,16H2,1-3H3. The molecule has 2 aromatic carbocycles. The third kappa shape index (κ3) is 5.06. The summed E-state index contributed by atoms with van der Waals surface area (Å²) in [4.78, 5) is 17.9. The number of hydrogen-bond donors (Lipinski definition) is 1. The summed E-state index contributed by atoms with van der Waals surface area (Å²) in [6.45, 7) is 2.04. The number of aryl methyl sites for hydroxylation is 1. The molecular weight excluding hydrogens is 484 g/mol. The second-order valence-corrected chi connectivity index (χ2v) is 10.5. The molecule has 9 heteroatoms. The lowest BCUT2D eigenvalue weighted by Crippen LogP contribution is -2.13. The number of carbonyl (C=O) groups is 1. The summed E-state index contributed by atoms with van der Waals surface area (Å²) < 4.78 is 36.9. The molecule has 0 bridgehead atoms. The summed E-state index contributed by atoms with van der Waals surface area (Å²) in [6.07, 6.45) is 1.45. The molecule has 4 rings (SSSR count). The second-order valence-electron chi connectivity index (χ2n) is 7.70. The Morgan fingerprint density at radius 1 is 1.06 bits per heavy atom. The summed E-state index contributed by atoms with van der Waals surface area (Å²) in [6, 6.07) is 17.2. The smallest absolute Gasteiger partial charge is 0.339 e. The van der Waals surface area contributed by atoms with Crippen LogP contribution in [0.25, 0.3) is 10.4 Å². The van der Waals surface area contributed by atoms with Crippen LogP contribution in [-0.4, -0.2) is 33.6 Å². The van der Waals surface area contributed by atoms with Gasteiger partial charge in [0.1, 0.15) is 5.75 Å². The predicted octanol–water partition coefficient (Wildman–Crippen LogP) is 5.36. The van der Waals surface area contributed by atoms with Crippen molar-refractivity contribution < 1.29 is 22.7 Å². The minimum atomic E-state index is -3.89. The lowest BCUT2D eigenvalue weighted by molar-refractivity contribution is 0.0601. The summed E-state index contributed by atoms with van der Waals surface area (Å²) in [5.74, 6) is 0.0777. The molecule has 0 fully saturated rings. The van der Waals surface area contributed by atoms with Crippen molar-refractivity contribution in [3.63, 3.8) is 0 Å². The van der Waals surface area contributed by atoms with Crippen LogP contribution in [0.5, 0.6) is 5.75 Å². The molecule has 1 N–H and O–H groups in total. The number of anilines is 1. The van der Waals surface area contributed by atoms with Crippen molar-refractivity contribution in [2.75, 3.05) is 19.5 Å². The molecule has 0 radical (unpaired) electrons. The number of esters is 1. The Labute approximate surface area is 208 Å². The highest BCUT2D eigenvalue weighted by Crippen LogP contribution is 2.36. The Morgan fingerprint density at radius 3 is 2.49 bits per heavy atom. The molecule has 0 spiro atoms. The van der Waals surface area contributed by atoms with Crippen molar-refractivity contribution >= 4 is 32.8 Å². The zero-order chi connectivity index (χ0) is 25.0. The minimum Gasteiger partial charge on any atom is -0.497 e. The van der Waals surface area contributed by atoms with Gasteiger partial charge in [-0.2, -0.15) is 0 Å². The van der Waals surface area contributed by atoms with Gasteiger partial charge in [-0.1, -0.05) is 12.1 Å². The maximum absolute atomic E-state index is 13.4. The average Bonchev–Trinajstić information content (AvgIpc) is 3.42. The summed E-state index contributed by atoms with van der Waals surface area (Å²) in [5, 5.41) is 5.20. The van der Waals surface area contributed by atoms with E-state index < -0.39 is 15.8 Å². The lowest BCUT2D eigenvalue weighted by atomic mass is 10.0. The van der Waals surface area contributed by atoms with Crippen molar-refractivity contribution in [3.05, 3.63) is 88.9 Å². The van der Waals surface area contributed by atoms with Gasteiger partial charge in [0, 0.05) is 28.7 Å². The lowest BCUT2D eigenvalue weighted by Gasteiger charge is -2.17. The van der Waals surface area contributed by atoms with Gasteiger partial charge < -0.3 is 14.8 Å². The highest BCUT2D eigenvalue weighted by atomic mass is 32.2. The van der Waals surface area contributed by atoms with E-state index >= 15 is 0 Å². The van der Waals surface area contributed by atoms with Gasteiger partial charge in [-0.15, -0.1) is 11.3 Å². The fourth-order valence-corrected chi connectivity index (χ4v) is 5.88. The molecule has 7 nitrogen and oxygen atoms in total. The van der Waals surface area contributed by atoms with Crippen LogP contribution >= 0.6 is 11.3 Å². The fourth-order valence-electron chi connectivity index (χ4n) is 3.72. The molecule has 4 aromatic rings. The zero-order valence-electron chi connectivity index (χ0n) is 19.4. The molecule has 0 saturated carbocycles. The van der Waals surface area contributed by atoms with Gasteiger partial charge in [-0.25, -0.2) is 18.2 Å². The number of benzene rings is 2. The first-order valence-corrected chi connectivity index (χ1v) is 13.0. The van der Waals surface area contributed by atoms with E-state index in [1.54, 1.807) is 41.7 Å². The highest BCUT2D eigenvalue weighted by Gasteiger charge is 2.24. The number of nitrogens with zero attached hydrogens (tertiary/aromatic N) is 1. The molecule has 0 unspecified atom stereocenters. The van der Waals surface area contributed by atoms with E-state index in [0.717, 1.165) is 16.0 Å². The third-order valence-corrected chi connectivity index (χ3v) is 8.08. The SMILES string of the molecule is COC(=O)c1cc(C)cc(-c2cccs2)c1NCc1cccnc1S(=O)(=O)c1ccc(OC)cc1. The number of thiophene rings is 1. The predicted molar refractivity (Wildman–Crippen MR) is 136 cm³/mol. The largest absolute Gasteiger partial charge is 0.497 e. The number of ether oxygens (including phenoxy) is 2. The fraction of sp³-hybridized carbons (Fsp3) is 0.154. The molecule has 0 atom stereocenters. The van der Waals surface area contributed by atoms with E-state index in [2.05, 4.69) is 10.3 Å². The molecule has 0 saturated heterocycles. The summed E-state index contributed by atoms with van der Waals surface area (Å²) >= 11 is 1.55. The van der Waals surface area contributed by atoms with E-state index in [1.807, 2.05) is 30.5 Å². The van der Waals surface area contributed by atoms with Crippen molar-refractivity contribution in [1.82, 2.24) is 4.98 Å². The van der Waals surface area contributed by atoms with Crippen LogP contribution in [-0.2, 0) is 21.1 Å². The molecule has 2 aromatic heterocycles. The van der Waals surface area contributed by atoms with Crippen LogP contribution in [0, 0.1) is 6.92 Å². The number of nitrogens with one attached hydrogen (secondary N) is 1. The van der Waals surface area contributed by atoms with Gasteiger partial charge >= 0.3 is 5.97 Å². The number of rotatable bonds is 8. The molecule has 180 valence electrons. The van der Waals surface area contributed by atoms with Gasteiger partial charge in [0.15, 0.2) is 5.03 Å². The maximum atomic E-state index is 13.4. The molecule has 0 aliphatic rings. The van der Waals surface area contributed by atoms with Gasteiger partial charge in [0.25, 0.3) is 0 Å².